The van der Waals surface area contributed by atoms with Crippen LogP contribution in [0.1, 0.15) is 27.7 Å². The number of hydrogen-bond acceptors (Lipinski definition) is 2. The van der Waals surface area contributed by atoms with E-state index in [0.717, 1.165) is 0 Å². The van der Waals surface area contributed by atoms with Crippen LogP contribution in [0.2, 0.25) is 0 Å². The van der Waals surface area contributed by atoms with Crippen molar-refractivity contribution in [1.82, 2.24) is 0 Å². The lowest BCUT2D eigenvalue weighted by molar-refractivity contribution is 0.361. The molecule has 0 radical (unpaired) electrons. The molecule has 0 amide bonds. The van der Waals surface area contributed by atoms with Crippen LogP contribution >= 0.6 is 13.4 Å². The predicted molar refractivity (Wildman–Crippen MR) is 67.0 cm³/mol. The number of rotatable bonds is 0. The minimum atomic E-state index is -3.81. The minimum Gasteiger partial charge on any atom is -0.325 e. The summed E-state index contributed by atoms with van der Waals surface area (Å²) in [6.45, 7) is 1.14. The van der Waals surface area contributed by atoms with Gasteiger partial charge in [-0.2, -0.15) is 0 Å². The fourth-order valence-electron chi connectivity index (χ4n) is 0. The van der Waals surface area contributed by atoms with Crippen LogP contribution in [0.15, 0.2) is 0 Å². The van der Waals surface area contributed by atoms with Gasteiger partial charge in [-0.3, -0.25) is 0 Å². The summed E-state index contributed by atoms with van der Waals surface area (Å²) in [4.78, 5) is 45.3. The maximum atomic E-state index is 7.56. The van der Waals surface area contributed by atoms with Crippen molar-refractivity contribution in [1.29, 1.82) is 0 Å². The summed E-state index contributed by atoms with van der Waals surface area (Å²) in [5.74, 6) is 0. The van der Waals surface area contributed by atoms with Crippen LogP contribution in [0.4, 0.5) is 0 Å². The quantitative estimate of drug-likeness (QED) is 0.356. The highest BCUT2D eigenvalue weighted by Gasteiger charge is 1.95. The molecule has 0 aromatic carbocycles. The van der Waals surface area contributed by atoms with Crippen molar-refractivity contribution < 1.29 is 29.4 Å². The van der Waals surface area contributed by atoms with E-state index >= 15 is 0 Å². The van der Waals surface area contributed by atoms with E-state index in [-0.39, 0.29) is 0 Å². The topological polar surface area (TPSA) is 121 Å². The lowest BCUT2D eigenvalue weighted by Crippen LogP contribution is -1.93. The van der Waals surface area contributed by atoms with E-state index in [0.29, 0.717) is 5.41 Å². The van der Waals surface area contributed by atoms with E-state index in [1.54, 1.807) is 0 Å². The molecule has 0 bridgehead atoms. The van der Waals surface area contributed by atoms with Crippen molar-refractivity contribution in [2.75, 3.05) is 0 Å². The van der Waals surface area contributed by atoms with Crippen LogP contribution in [0.25, 0.3) is 0 Å². The van der Waals surface area contributed by atoms with Crippen molar-refractivity contribution in [3.63, 3.8) is 0 Å². The Balaban J connectivity index is -0.000000144. The highest BCUT2D eigenvalue weighted by Crippen LogP contribution is 2.26. The van der Waals surface area contributed by atoms with Gasteiger partial charge < -0.3 is 29.4 Å². The zero-order valence-electron chi connectivity index (χ0n) is 8.89. The van der Waals surface area contributed by atoms with E-state index in [2.05, 4.69) is 51.3 Å². The molecule has 0 heterocycles. The largest absolute Gasteiger partial charge is 0.325 e. The second-order valence-corrected chi connectivity index (χ2v) is 9.02. The molecule has 0 unspecified atom stereocenters. The van der Waals surface area contributed by atoms with Gasteiger partial charge in [0.05, 0.1) is 0 Å². The summed E-state index contributed by atoms with van der Waals surface area (Å²) in [6.07, 6.45) is 0. The van der Waals surface area contributed by atoms with E-state index in [1.165, 1.54) is 0 Å². The first-order chi connectivity index (χ1) is 6.00. The summed E-state index contributed by atoms with van der Waals surface area (Å²) in [5.41, 5.74) is 0.500. The molecule has 0 aromatic heterocycles. The Morgan fingerprint density at radius 3 is 0.667 bits per heavy atom. The van der Waals surface area contributed by atoms with Gasteiger partial charge in [0.25, 0.3) is 0 Å². The molecule has 0 aromatic rings. The average Bonchev–Trinajstić information content (AvgIpc) is 1.41. The van der Waals surface area contributed by atoms with Gasteiger partial charge in [0.1, 0.15) is 0 Å². The fraction of sp³-hybridized carbons (Fsp3) is 1.00. The first-order valence-corrected chi connectivity index (χ1v) is 8.89. The average molecular weight is 300 g/mol. The molecule has 0 fully saturated rings. The molecular weight excluding hydrogens is 282 g/mol. The molecule has 0 atom stereocenters. The maximum Gasteiger partial charge on any atom is 0.319 e. The summed E-state index contributed by atoms with van der Waals surface area (Å²) in [6, 6.07) is 0. The molecule has 0 spiro atoms. The van der Waals surface area contributed by atoms with Crippen molar-refractivity contribution >= 4 is 37.1 Å². The molecule has 6 nitrogen and oxygen atoms in total. The van der Waals surface area contributed by atoms with Crippen LogP contribution in [0.5, 0.6) is 0 Å². The first-order valence-electron chi connectivity index (χ1n) is 3.57. The standard InChI is InChI=1S/C5H12.2H3O3PS/c1-5(2,3)4;2*1-4(2,3)5/h1-4H3;2*(H3,1,2,3,5). The lowest BCUT2D eigenvalue weighted by Gasteiger charge is -2.05. The van der Waals surface area contributed by atoms with Crippen molar-refractivity contribution in [3.05, 3.63) is 0 Å². The van der Waals surface area contributed by atoms with Gasteiger partial charge in [0.15, 0.2) is 0 Å². The minimum absolute atomic E-state index is 0.500. The molecule has 6 N–H and O–H groups in total. The van der Waals surface area contributed by atoms with Crippen LogP contribution in [0.3, 0.4) is 0 Å². The normalized spacial score (nSPS) is 11.9. The first kappa shape index (κ1) is 21.4. The Bertz CT molecular complexity index is 196. The molecule has 0 rings (SSSR count). The molecule has 0 saturated carbocycles. The van der Waals surface area contributed by atoms with Gasteiger partial charge >= 0.3 is 13.4 Å². The van der Waals surface area contributed by atoms with Gasteiger partial charge in [0, 0.05) is 0 Å². The second kappa shape index (κ2) is 8.20. The van der Waals surface area contributed by atoms with Crippen LogP contribution in [0, 0.1) is 5.41 Å². The van der Waals surface area contributed by atoms with Crippen LogP contribution < -0.4 is 0 Å². The van der Waals surface area contributed by atoms with E-state index in [4.69, 9.17) is 29.4 Å². The van der Waals surface area contributed by atoms with Crippen molar-refractivity contribution in [2.24, 2.45) is 5.41 Å². The smallest absolute Gasteiger partial charge is 0.319 e. The van der Waals surface area contributed by atoms with Gasteiger partial charge in [-0.1, -0.05) is 27.7 Å². The highest BCUT2D eigenvalue weighted by molar-refractivity contribution is 8.06. The van der Waals surface area contributed by atoms with Gasteiger partial charge in [-0.05, 0) is 29.0 Å². The third-order valence-electron chi connectivity index (χ3n) is 0. The zero-order valence-corrected chi connectivity index (χ0v) is 12.3. The van der Waals surface area contributed by atoms with Gasteiger partial charge in [-0.15, -0.1) is 0 Å². The molecule has 10 heteroatoms. The van der Waals surface area contributed by atoms with Crippen LogP contribution in [-0.2, 0) is 23.6 Å². The Morgan fingerprint density at radius 2 is 0.667 bits per heavy atom. The maximum absolute atomic E-state index is 7.56. The predicted octanol–water partition coefficient (Wildman–Crippen LogP) is 0.428. The molecule has 15 heavy (non-hydrogen) atoms. The zero-order chi connectivity index (χ0) is 13.5. The Hall–Kier alpha value is 1.06. The molecular formula is C5H18O6P2S2. The molecule has 0 aliphatic carbocycles. The fourth-order valence-corrected chi connectivity index (χ4v) is 0. The molecule has 96 valence electrons. The Kier molecular flexibility index (Phi) is 11.7. The van der Waals surface area contributed by atoms with Crippen molar-refractivity contribution in [2.45, 2.75) is 27.7 Å². The summed E-state index contributed by atoms with van der Waals surface area (Å²) in [5, 5.41) is 0. The summed E-state index contributed by atoms with van der Waals surface area (Å²) < 4.78 is 0. The molecule has 0 aliphatic heterocycles. The molecule has 0 saturated heterocycles. The SMILES string of the molecule is CC(C)(C)C.OP(O)(O)=S.OP(O)(O)=S. The van der Waals surface area contributed by atoms with E-state index in [9.17, 15) is 0 Å². The summed E-state index contributed by atoms with van der Waals surface area (Å²) in [7, 11) is 0. The van der Waals surface area contributed by atoms with Crippen LogP contribution in [-0.4, -0.2) is 29.4 Å². The Morgan fingerprint density at radius 1 is 0.667 bits per heavy atom. The summed E-state index contributed by atoms with van der Waals surface area (Å²) >= 11 is 7.21. The third-order valence-corrected chi connectivity index (χ3v) is 0. The number of hydrogen-bond donors (Lipinski definition) is 6. The van der Waals surface area contributed by atoms with Gasteiger partial charge in [-0.25, -0.2) is 0 Å². The highest BCUT2D eigenvalue weighted by atomic mass is 32.5. The third kappa shape index (κ3) is 2290. The van der Waals surface area contributed by atoms with E-state index < -0.39 is 13.4 Å². The van der Waals surface area contributed by atoms with Crippen molar-refractivity contribution in [3.8, 4) is 0 Å². The molecule has 0 aliphatic rings. The second-order valence-electron chi connectivity index (χ2n) is 4.03. The lowest BCUT2D eigenvalue weighted by atomic mass is 10.0. The monoisotopic (exact) mass is 300 g/mol. The van der Waals surface area contributed by atoms with Gasteiger partial charge in [0.2, 0.25) is 0 Å². The Labute approximate surface area is 99.7 Å². The van der Waals surface area contributed by atoms with E-state index in [1.807, 2.05) is 0 Å².